The third-order valence-electron chi connectivity index (χ3n) is 1.55. The molecular formula is C7H13NO. The van der Waals surface area contributed by atoms with Gasteiger partial charge in [0.2, 0.25) is 0 Å². The van der Waals surface area contributed by atoms with Crippen molar-refractivity contribution in [3.05, 3.63) is 0 Å². The molecule has 0 spiro atoms. The van der Waals surface area contributed by atoms with Crippen molar-refractivity contribution in [2.75, 3.05) is 13.7 Å². The summed E-state index contributed by atoms with van der Waals surface area (Å²) in [4.78, 5) is 4.27. The summed E-state index contributed by atoms with van der Waals surface area (Å²) >= 11 is 0. The first-order valence-electron chi connectivity index (χ1n) is 3.44. The van der Waals surface area contributed by atoms with E-state index >= 15 is 0 Å². The Morgan fingerprint density at radius 3 is 3.22 bits per heavy atom. The van der Waals surface area contributed by atoms with Gasteiger partial charge in [0.25, 0.3) is 0 Å². The van der Waals surface area contributed by atoms with Gasteiger partial charge in [-0.3, -0.25) is 4.99 Å². The third kappa shape index (κ3) is 2.14. The molecule has 0 amide bonds. The molecule has 0 aromatic heterocycles. The lowest BCUT2D eigenvalue weighted by molar-refractivity contribution is 0.176. The molecule has 0 aliphatic carbocycles. The highest BCUT2D eigenvalue weighted by Crippen LogP contribution is 2.08. The van der Waals surface area contributed by atoms with E-state index in [9.17, 15) is 0 Å². The van der Waals surface area contributed by atoms with Crippen molar-refractivity contribution < 1.29 is 4.74 Å². The topological polar surface area (TPSA) is 21.6 Å². The van der Waals surface area contributed by atoms with Crippen molar-refractivity contribution >= 4 is 6.21 Å². The van der Waals surface area contributed by atoms with Gasteiger partial charge in [-0.05, 0) is 25.5 Å². The quantitative estimate of drug-likeness (QED) is 0.547. The first-order valence-corrected chi connectivity index (χ1v) is 3.44. The van der Waals surface area contributed by atoms with E-state index in [0.717, 1.165) is 13.0 Å². The molecule has 1 aliphatic rings. The van der Waals surface area contributed by atoms with Crippen LogP contribution in [0.4, 0.5) is 0 Å². The molecule has 0 aromatic rings. The molecule has 1 aliphatic heterocycles. The van der Waals surface area contributed by atoms with Crippen LogP contribution in [0.1, 0.15) is 19.3 Å². The van der Waals surface area contributed by atoms with Gasteiger partial charge in [0, 0.05) is 7.11 Å². The molecule has 1 atom stereocenters. The van der Waals surface area contributed by atoms with Crippen LogP contribution in [0.3, 0.4) is 0 Å². The van der Waals surface area contributed by atoms with Crippen LogP contribution in [0.15, 0.2) is 4.99 Å². The highest BCUT2D eigenvalue weighted by Gasteiger charge is 2.07. The molecule has 9 heavy (non-hydrogen) atoms. The number of methoxy groups -OCH3 is 1. The standard InChI is InChI=1S/C7H13NO/c1-9-6-7-4-2-3-5-8-7/h5,7H,2-4,6H2,1H3. The minimum absolute atomic E-state index is 0.448. The lowest BCUT2D eigenvalue weighted by Gasteiger charge is -2.13. The molecule has 52 valence electrons. The Morgan fingerprint density at radius 1 is 1.78 bits per heavy atom. The van der Waals surface area contributed by atoms with E-state index in [1.165, 1.54) is 12.8 Å². The number of aliphatic imine (C=N–C) groups is 1. The number of hydrogen-bond acceptors (Lipinski definition) is 2. The first kappa shape index (κ1) is 6.75. The maximum atomic E-state index is 4.97. The van der Waals surface area contributed by atoms with Gasteiger partial charge in [-0.1, -0.05) is 0 Å². The van der Waals surface area contributed by atoms with Crippen molar-refractivity contribution in [2.45, 2.75) is 25.3 Å². The largest absolute Gasteiger partial charge is 0.382 e. The van der Waals surface area contributed by atoms with Crippen LogP contribution < -0.4 is 0 Å². The van der Waals surface area contributed by atoms with Gasteiger partial charge < -0.3 is 4.74 Å². The van der Waals surface area contributed by atoms with E-state index in [1.54, 1.807) is 7.11 Å². The normalized spacial score (nSPS) is 26.6. The predicted octanol–water partition coefficient (Wildman–Crippen LogP) is 1.26. The maximum Gasteiger partial charge on any atom is 0.0729 e. The number of rotatable bonds is 2. The van der Waals surface area contributed by atoms with Crippen LogP contribution in [-0.2, 0) is 4.74 Å². The molecule has 0 bridgehead atoms. The van der Waals surface area contributed by atoms with Gasteiger partial charge in [0.1, 0.15) is 0 Å². The van der Waals surface area contributed by atoms with E-state index < -0.39 is 0 Å². The van der Waals surface area contributed by atoms with Gasteiger partial charge in [-0.2, -0.15) is 0 Å². The van der Waals surface area contributed by atoms with Gasteiger partial charge in [0.05, 0.1) is 12.6 Å². The zero-order valence-corrected chi connectivity index (χ0v) is 5.84. The van der Waals surface area contributed by atoms with Crippen LogP contribution >= 0.6 is 0 Å². The van der Waals surface area contributed by atoms with Gasteiger partial charge >= 0.3 is 0 Å². The SMILES string of the molecule is COCC1CCCC=N1. The zero-order valence-electron chi connectivity index (χ0n) is 5.84. The average molecular weight is 127 g/mol. The van der Waals surface area contributed by atoms with Crippen molar-refractivity contribution in [3.8, 4) is 0 Å². The molecule has 0 aromatic carbocycles. The van der Waals surface area contributed by atoms with E-state index in [-0.39, 0.29) is 0 Å². The fraction of sp³-hybridized carbons (Fsp3) is 0.857. The molecule has 0 N–H and O–H groups in total. The Kier molecular flexibility index (Phi) is 2.71. The molecule has 0 saturated carbocycles. The molecule has 0 radical (unpaired) electrons. The molecule has 1 rings (SSSR count). The smallest absolute Gasteiger partial charge is 0.0729 e. The summed E-state index contributed by atoms with van der Waals surface area (Å²) in [7, 11) is 1.73. The Hall–Kier alpha value is -0.370. The maximum absolute atomic E-state index is 4.97. The fourth-order valence-corrected chi connectivity index (χ4v) is 1.06. The molecule has 2 nitrogen and oxygen atoms in total. The third-order valence-corrected chi connectivity index (χ3v) is 1.55. The summed E-state index contributed by atoms with van der Waals surface area (Å²) in [6, 6.07) is 0.448. The summed E-state index contributed by atoms with van der Waals surface area (Å²) in [6.07, 6.45) is 5.63. The van der Waals surface area contributed by atoms with Crippen LogP contribution in [0.25, 0.3) is 0 Å². The second-order valence-corrected chi connectivity index (χ2v) is 2.37. The van der Waals surface area contributed by atoms with E-state index in [1.807, 2.05) is 6.21 Å². The van der Waals surface area contributed by atoms with Crippen LogP contribution in [0.5, 0.6) is 0 Å². The molecular weight excluding hydrogens is 114 g/mol. The van der Waals surface area contributed by atoms with Crippen molar-refractivity contribution in [2.24, 2.45) is 4.99 Å². The highest BCUT2D eigenvalue weighted by atomic mass is 16.5. The summed E-state index contributed by atoms with van der Waals surface area (Å²) < 4.78 is 4.97. The Labute approximate surface area is 55.9 Å². The zero-order chi connectivity index (χ0) is 6.53. The van der Waals surface area contributed by atoms with Gasteiger partial charge in [-0.15, -0.1) is 0 Å². The Morgan fingerprint density at radius 2 is 2.67 bits per heavy atom. The molecule has 0 fully saturated rings. The Balaban J connectivity index is 2.23. The summed E-state index contributed by atoms with van der Waals surface area (Å²) in [5, 5.41) is 0. The second kappa shape index (κ2) is 3.62. The lowest BCUT2D eigenvalue weighted by Crippen LogP contribution is -2.15. The summed E-state index contributed by atoms with van der Waals surface area (Å²) in [5.41, 5.74) is 0. The van der Waals surface area contributed by atoms with E-state index in [2.05, 4.69) is 4.99 Å². The Bertz CT molecular complexity index is 101. The highest BCUT2D eigenvalue weighted by molar-refractivity contribution is 5.58. The number of ether oxygens (including phenoxy) is 1. The molecule has 2 heteroatoms. The lowest BCUT2D eigenvalue weighted by atomic mass is 10.1. The number of hydrogen-bond donors (Lipinski definition) is 0. The second-order valence-electron chi connectivity index (χ2n) is 2.37. The molecule has 1 heterocycles. The van der Waals surface area contributed by atoms with E-state index in [0.29, 0.717) is 6.04 Å². The first-order chi connectivity index (χ1) is 4.43. The summed E-state index contributed by atoms with van der Waals surface area (Å²) in [6.45, 7) is 0.788. The van der Waals surface area contributed by atoms with Crippen LogP contribution in [0, 0.1) is 0 Å². The van der Waals surface area contributed by atoms with Crippen molar-refractivity contribution in [1.29, 1.82) is 0 Å². The average Bonchev–Trinajstić information content (AvgIpc) is 1.91. The minimum atomic E-state index is 0.448. The predicted molar refractivity (Wildman–Crippen MR) is 38.0 cm³/mol. The number of nitrogens with zero attached hydrogens (tertiary/aromatic N) is 1. The van der Waals surface area contributed by atoms with Crippen molar-refractivity contribution in [3.63, 3.8) is 0 Å². The van der Waals surface area contributed by atoms with Crippen LogP contribution in [0.2, 0.25) is 0 Å². The molecule has 1 unspecified atom stereocenters. The van der Waals surface area contributed by atoms with Crippen LogP contribution in [-0.4, -0.2) is 26.0 Å². The monoisotopic (exact) mass is 127 g/mol. The summed E-state index contributed by atoms with van der Waals surface area (Å²) in [5.74, 6) is 0. The fourth-order valence-electron chi connectivity index (χ4n) is 1.06. The van der Waals surface area contributed by atoms with E-state index in [4.69, 9.17) is 4.74 Å². The van der Waals surface area contributed by atoms with Gasteiger partial charge in [0.15, 0.2) is 0 Å². The molecule has 0 saturated heterocycles. The minimum Gasteiger partial charge on any atom is -0.382 e. The van der Waals surface area contributed by atoms with Gasteiger partial charge in [-0.25, -0.2) is 0 Å². The van der Waals surface area contributed by atoms with Crippen molar-refractivity contribution in [1.82, 2.24) is 0 Å².